The molecule has 4 heterocycles. The summed E-state index contributed by atoms with van der Waals surface area (Å²) in [5.74, 6) is -0.750. The molecule has 0 radical (unpaired) electrons. The van der Waals surface area contributed by atoms with Crippen molar-refractivity contribution in [2.45, 2.75) is 55.8 Å². The molecule has 2 aromatic heterocycles. The predicted molar refractivity (Wildman–Crippen MR) is 111 cm³/mol. The maximum absolute atomic E-state index is 13.7. The number of fused-ring (bicyclic) bond motifs is 2. The lowest BCUT2D eigenvalue weighted by Crippen LogP contribution is -2.58. The topological polar surface area (TPSA) is 74.9 Å². The molecule has 4 fully saturated rings. The molecule has 7 nitrogen and oxygen atoms in total. The number of quaternary nitrogens is 1. The zero-order valence-electron chi connectivity index (χ0n) is 17.7. The van der Waals surface area contributed by atoms with Crippen LogP contribution in [0.4, 0.5) is 13.2 Å². The maximum Gasteiger partial charge on any atom is 0.419 e. The van der Waals surface area contributed by atoms with E-state index in [0.29, 0.717) is 25.1 Å². The minimum absolute atomic E-state index is 0.0543. The van der Waals surface area contributed by atoms with E-state index in [1.807, 2.05) is 0 Å². The highest BCUT2D eigenvalue weighted by Gasteiger charge is 2.78. The summed E-state index contributed by atoms with van der Waals surface area (Å²) in [6.45, 7) is 1.05. The summed E-state index contributed by atoms with van der Waals surface area (Å²) < 4.78 is 42.6. The molecule has 6 rings (SSSR count). The standard InChI is InChI=1S/C22H23ClF3N4O3/c23-18-17(27-19-14(22(24,25)26)8-13(9-29(18)19)12-3-4-12)20(33)28-6-7-30(16(32)10-28)11-21(30)5-1-2-15(21)31/h8-9,12,15,31H,1-7,10-11H2/q+1/t15-,21?,30?/m1/s1. The molecule has 2 unspecified atom stereocenters. The second kappa shape index (κ2) is 6.70. The Morgan fingerprint density at radius 2 is 2.06 bits per heavy atom. The average Bonchev–Trinajstić information content (AvgIpc) is 3.64. The van der Waals surface area contributed by atoms with Crippen LogP contribution < -0.4 is 0 Å². The highest BCUT2D eigenvalue weighted by molar-refractivity contribution is 6.33. The smallest absolute Gasteiger partial charge is 0.386 e. The molecule has 176 valence electrons. The predicted octanol–water partition coefficient (Wildman–Crippen LogP) is 2.98. The van der Waals surface area contributed by atoms with Gasteiger partial charge in [0.1, 0.15) is 30.9 Å². The molecule has 0 aromatic carbocycles. The summed E-state index contributed by atoms with van der Waals surface area (Å²) in [5, 5.41) is 10.2. The van der Waals surface area contributed by atoms with Crippen LogP contribution >= 0.6 is 11.6 Å². The Kier molecular flexibility index (Phi) is 4.34. The Hall–Kier alpha value is -2.17. The number of rotatable bonds is 2. The fourth-order valence-corrected chi connectivity index (χ4v) is 6.28. The Bertz CT molecular complexity index is 1210. The molecule has 2 saturated heterocycles. The van der Waals surface area contributed by atoms with Crippen molar-refractivity contribution in [1.29, 1.82) is 0 Å². The number of hydrogen-bond acceptors (Lipinski definition) is 4. The van der Waals surface area contributed by atoms with Crippen molar-refractivity contribution >= 4 is 29.1 Å². The summed E-state index contributed by atoms with van der Waals surface area (Å²) in [5.41, 5.74) is -1.51. The van der Waals surface area contributed by atoms with E-state index in [9.17, 15) is 27.9 Å². The number of carbonyl (C=O) groups excluding carboxylic acids is 2. The van der Waals surface area contributed by atoms with E-state index in [1.165, 1.54) is 11.1 Å². The van der Waals surface area contributed by atoms with E-state index in [1.54, 1.807) is 0 Å². The molecule has 4 aliphatic rings. The number of piperazine rings is 1. The lowest BCUT2D eigenvalue weighted by molar-refractivity contribution is -0.758. The highest BCUT2D eigenvalue weighted by atomic mass is 35.5. The Morgan fingerprint density at radius 1 is 1.30 bits per heavy atom. The number of alkyl halides is 3. The van der Waals surface area contributed by atoms with Crippen molar-refractivity contribution in [1.82, 2.24) is 14.3 Å². The largest absolute Gasteiger partial charge is 0.419 e. The Morgan fingerprint density at radius 3 is 2.67 bits per heavy atom. The second-order valence-corrected chi connectivity index (χ2v) is 10.2. The average molecular weight is 484 g/mol. The first-order chi connectivity index (χ1) is 15.6. The van der Waals surface area contributed by atoms with Crippen LogP contribution in [0.25, 0.3) is 5.65 Å². The molecule has 2 amide bonds. The number of pyridine rings is 1. The first kappa shape index (κ1) is 21.4. The van der Waals surface area contributed by atoms with Gasteiger partial charge in [-0.1, -0.05) is 11.6 Å². The molecular formula is C22H23ClF3N4O3+. The minimum atomic E-state index is -4.64. The van der Waals surface area contributed by atoms with Crippen LogP contribution in [0.3, 0.4) is 0 Å². The molecule has 2 spiro atoms. The first-order valence-electron chi connectivity index (χ1n) is 11.2. The van der Waals surface area contributed by atoms with Crippen molar-refractivity contribution in [2.75, 3.05) is 26.2 Å². The van der Waals surface area contributed by atoms with Gasteiger partial charge in [0.05, 0.1) is 12.1 Å². The molecule has 3 atom stereocenters. The van der Waals surface area contributed by atoms with Crippen LogP contribution in [0.2, 0.25) is 5.15 Å². The van der Waals surface area contributed by atoms with Crippen molar-refractivity contribution in [3.63, 3.8) is 0 Å². The molecule has 2 aromatic rings. The van der Waals surface area contributed by atoms with E-state index in [4.69, 9.17) is 11.6 Å². The van der Waals surface area contributed by atoms with Gasteiger partial charge in [-0.05, 0) is 43.2 Å². The Labute approximate surface area is 192 Å². The highest BCUT2D eigenvalue weighted by Crippen LogP contribution is 2.55. The molecule has 11 heteroatoms. The number of aliphatic hydroxyl groups excluding tert-OH is 1. The maximum atomic E-state index is 13.7. The fraction of sp³-hybridized carbons (Fsp3) is 0.591. The first-order valence-corrected chi connectivity index (χ1v) is 11.6. The number of aliphatic hydroxyl groups is 1. The quantitative estimate of drug-likeness (QED) is 0.526. The van der Waals surface area contributed by atoms with Gasteiger partial charge in [-0.2, -0.15) is 13.2 Å². The van der Waals surface area contributed by atoms with Gasteiger partial charge >= 0.3 is 12.1 Å². The normalized spacial score (nSPS) is 31.8. The van der Waals surface area contributed by atoms with Crippen LogP contribution in [-0.4, -0.2) is 73.5 Å². The van der Waals surface area contributed by atoms with Gasteiger partial charge in [-0.3, -0.25) is 9.20 Å². The van der Waals surface area contributed by atoms with Crippen LogP contribution in [0, 0.1) is 0 Å². The zero-order chi connectivity index (χ0) is 23.3. The lowest BCUT2D eigenvalue weighted by Gasteiger charge is -2.33. The van der Waals surface area contributed by atoms with Gasteiger partial charge in [0.2, 0.25) is 0 Å². The van der Waals surface area contributed by atoms with Gasteiger partial charge in [-0.15, -0.1) is 0 Å². The van der Waals surface area contributed by atoms with Gasteiger partial charge in [0, 0.05) is 12.6 Å². The van der Waals surface area contributed by atoms with Crippen LogP contribution in [-0.2, 0) is 11.0 Å². The second-order valence-electron chi connectivity index (χ2n) is 9.89. The monoisotopic (exact) mass is 483 g/mol. The number of carbonyl (C=O) groups is 2. The summed E-state index contributed by atoms with van der Waals surface area (Å²) in [6.07, 6.45) is 0.328. The molecule has 1 N–H and O–H groups in total. The lowest BCUT2D eigenvalue weighted by atomic mass is 10.1. The third-order valence-electron chi connectivity index (χ3n) is 8.08. The van der Waals surface area contributed by atoms with Crippen molar-refractivity contribution in [2.24, 2.45) is 0 Å². The fourth-order valence-electron chi connectivity index (χ4n) is 6.03. The van der Waals surface area contributed by atoms with Crippen molar-refractivity contribution < 1.29 is 32.3 Å². The van der Waals surface area contributed by atoms with Crippen LogP contribution in [0.15, 0.2) is 12.3 Å². The van der Waals surface area contributed by atoms with E-state index in [-0.39, 0.29) is 40.2 Å². The van der Waals surface area contributed by atoms with Crippen LogP contribution in [0.5, 0.6) is 0 Å². The molecule has 2 aliphatic heterocycles. The van der Waals surface area contributed by atoms with Gasteiger partial charge < -0.3 is 10.0 Å². The van der Waals surface area contributed by atoms with E-state index < -0.39 is 34.9 Å². The molecule has 33 heavy (non-hydrogen) atoms. The number of hydrogen-bond donors (Lipinski definition) is 1. The van der Waals surface area contributed by atoms with Crippen molar-refractivity contribution in [3.8, 4) is 0 Å². The number of halogens is 4. The molecule has 2 saturated carbocycles. The van der Waals surface area contributed by atoms with E-state index >= 15 is 0 Å². The van der Waals surface area contributed by atoms with E-state index in [2.05, 4.69) is 4.98 Å². The summed E-state index contributed by atoms with van der Waals surface area (Å²) in [4.78, 5) is 31.6. The zero-order valence-corrected chi connectivity index (χ0v) is 18.5. The van der Waals surface area contributed by atoms with Gasteiger partial charge in [0.15, 0.2) is 16.9 Å². The summed E-state index contributed by atoms with van der Waals surface area (Å²) >= 11 is 6.38. The van der Waals surface area contributed by atoms with E-state index in [0.717, 1.165) is 36.2 Å². The van der Waals surface area contributed by atoms with Gasteiger partial charge in [0.25, 0.3) is 5.91 Å². The van der Waals surface area contributed by atoms with Gasteiger partial charge in [-0.25, -0.2) is 14.3 Å². The SMILES string of the molecule is O=C(c1nc2c(C(F)(F)F)cc(C3CC3)cn2c1Cl)N1CC[N+]2(CC23CCC[C@H]3O)C(=O)C1. The molecular weight excluding hydrogens is 461 g/mol. The number of aromatic nitrogens is 2. The Balaban J connectivity index is 1.31. The minimum Gasteiger partial charge on any atom is -0.386 e. The number of nitrogens with zero attached hydrogens (tertiary/aromatic N) is 4. The molecule has 0 bridgehead atoms. The van der Waals surface area contributed by atoms with Crippen molar-refractivity contribution in [3.05, 3.63) is 34.2 Å². The third-order valence-corrected chi connectivity index (χ3v) is 8.44. The summed E-state index contributed by atoms with van der Waals surface area (Å²) in [7, 11) is 0. The molecule has 2 aliphatic carbocycles. The third kappa shape index (κ3) is 2.93. The van der Waals surface area contributed by atoms with Crippen LogP contribution in [0.1, 0.15) is 59.6 Å². The summed E-state index contributed by atoms with van der Waals surface area (Å²) in [6, 6.07) is 1.09. The number of imidazole rings is 1. The number of amides is 2.